The van der Waals surface area contributed by atoms with Crippen LogP contribution in [0.5, 0.6) is 5.88 Å². The SMILES string of the molecule is COc1cccc2nnc(Cc3ccco3)n12. The van der Waals surface area contributed by atoms with Crippen LogP contribution in [-0.4, -0.2) is 21.7 Å². The predicted molar refractivity (Wildman–Crippen MR) is 61.1 cm³/mol. The van der Waals surface area contributed by atoms with E-state index >= 15 is 0 Å². The summed E-state index contributed by atoms with van der Waals surface area (Å²) in [7, 11) is 1.63. The number of rotatable bonds is 3. The van der Waals surface area contributed by atoms with Gasteiger partial charge >= 0.3 is 0 Å². The predicted octanol–water partition coefficient (Wildman–Crippen LogP) is 1.92. The first-order chi connectivity index (χ1) is 8.38. The van der Waals surface area contributed by atoms with E-state index in [9.17, 15) is 0 Å². The Morgan fingerprint density at radius 3 is 2.94 bits per heavy atom. The summed E-state index contributed by atoms with van der Waals surface area (Å²) >= 11 is 0. The van der Waals surface area contributed by atoms with Crippen LogP contribution >= 0.6 is 0 Å². The quantitative estimate of drug-likeness (QED) is 0.688. The molecule has 0 bridgehead atoms. The summed E-state index contributed by atoms with van der Waals surface area (Å²) in [5, 5.41) is 8.25. The molecule has 0 atom stereocenters. The second kappa shape index (κ2) is 3.93. The molecule has 0 amide bonds. The molecule has 3 aromatic heterocycles. The fourth-order valence-corrected chi connectivity index (χ4v) is 1.81. The highest BCUT2D eigenvalue weighted by Crippen LogP contribution is 2.17. The molecule has 5 nitrogen and oxygen atoms in total. The zero-order valence-electron chi connectivity index (χ0n) is 9.33. The molecule has 3 rings (SSSR count). The van der Waals surface area contributed by atoms with E-state index in [1.54, 1.807) is 13.4 Å². The molecule has 0 aliphatic rings. The van der Waals surface area contributed by atoms with E-state index in [0.29, 0.717) is 12.3 Å². The van der Waals surface area contributed by atoms with Crippen LogP contribution in [0.15, 0.2) is 41.0 Å². The molecule has 0 fully saturated rings. The normalized spacial score (nSPS) is 10.9. The van der Waals surface area contributed by atoms with E-state index in [4.69, 9.17) is 9.15 Å². The standard InChI is InChI=1S/C12H11N3O2/c1-16-12-6-2-5-10-13-14-11(15(10)12)8-9-4-3-7-17-9/h2-7H,8H2,1H3. The third-order valence-corrected chi connectivity index (χ3v) is 2.58. The maximum absolute atomic E-state index is 5.31. The van der Waals surface area contributed by atoms with Crippen LogP contribution in [0.1, 0.15) is 11.6 Å². The summed E-state index contributed by atoms with van der Waals surface area (Å²) in [6.45, 7) is 0. The number of methoxy groups -OCH3 is 1. The molecular formula is C12H11N3O2. The van der Waals surface area contributed by atoms with Gasteiger partial charge in [-0.15, -0.1) is 10.2 Å². The van der Waals surface area contributed by atoms with Crippen LogP contribution in [0.2, 0.25) is 0 Å². The van der Waals surface area contributed by atoms with Crippen molar-refractivity contribution < 1.29 is 9.15 Å². The van der Waals surface area contributed by atoms with Gasteiger partial charge in [0.1, 0.15) is 11.6 Å². The van der Waals surface area contributed by atoms with Crippen molar-refractivity contribution in [2.45, 2.75) is 6.42 Å². The van der Waals surface area contributed by atoms with Crippen molar-refractivity contribution in [3.63, 3.8) is 0 Å². The lowest BCUT2D eigenvalue weighted by atomic mass is 10.3. The summed E-state index contributed by atoms with van der Waals surface area (Å²) in [5.41, 5.74) is 0.769. The molecule has 86 valence electrons. The highest BCUT2D eigenvalue weighted by Gasteiger charge is 2.11. The molecule has 0 N–H and O–H groups in total. The molecule has 0 aliphatic heterocycles. The van der Waals surface area contributed by atoms with Crippen molar-refractivity contribution in [1.82, 2.24) is 14.6 Å². The molecule has 0 aliphatic carbocycles. The second-order valence-corrected chi connectivity index (χ2v) is 3.63. The Balaban J connectivity index is 2.10. The van der Waals surface area contributed by atoms with Crippen molar-refractivity contribution in [1.29, 1.82) is 0 Å². The Morgan fingerprint density at radius 2 is 2.18 bits per heavy atom. The molecule has 17 heavy (non-hydrogen) atoms. The van der Waals surface area contributed by atoms with Crippen molar-refractivity contribution in [2.24, 2.45) is 0 Å². The van der Waals surface area contributed by atoms with E-state index in [-0.39, 0.29) is 0 Å². The Hall–Kier alpha value is -2.30. The van der Waals surface area contributed by atoms with Gasteiger partial charge in [-0.2, -0.15) is 0 Å². The van der Waals surface area contributed by atoms with Crippen LogP contribution < -0.4 is 4.74 Å². The van der Waals surface area contributed by atoms with Crippen molar-refractivity contribution in [3.05, 3.63) is 48.2 Å². The van der Waals surface area contributed by atoms with Gasteiger partial charge in [-0.3, -0.25) is 0 Å². The first-order valence-corrected chi connectivity index (χ1v) is 5.28. The van der Waals surface area contributed by atoms with Crippen LogP contribution in [0.4, 0.5) is 0 Å². The number of fused-ring (bicyclic) bond motifs is 1. The topological polar surface area (TPSA) is 52.6 Å². The van der Waals surface area contributed by atoms with Gasteiger partial charge in [-0.05, 0) is 24.3 Å². The smallest absolute Gasteiger partial charge is 0.200 e. The Morgan fingerprint density at radius 1 is 1.24 bits per heavy atom. The number of pyridine rings is 1. The molecule has 0 radical (unpaired) electrons. The molecule has 3 heterocycles. The van der Waals surface area contributed by atoms with Gasteiger partial charge in [0.05, 0.1) is 19.8 Å². The van der Waals surface area contributed by atoms with Crippen LogP contribution in [0.25, 0.3) is 5.65 Å². The molecular weight excluding hydrogens is 218 g/mol. The monoisotopic (exact) mass is 229 g/mol. The van der Waals surface area contributed by atoms with Crippen molar-refractivity contribution >= 4 is 5.65 Å². The van der Waals surface area contributed by atoms with E-state index < -0.39 is 0 Å². The summed E-state index contributed by atoms with van der Waals surface area (Å²) in [4.78, 5) is 0. The second-order valence-electron chi connectivity index (χ2n) is 3.63. The largest absolute Gasteiger partial charge is 0.482 e. The number of hydrogen-bond acceptors (Lipinski definition) is 4. The van der Waals surface area contributed by atoms with Crippen molar-refractivity contribution in [3.8, 4) is 5.88 Å². The van der Waals surface area contributed by atoms with Crippen LogP contribution in [0.3, 0.4) is 0 Å². The third-order valence-electron chi connectivity index (χ3n) is 2.58. The Bertz CT molecular complexity index is 628. The molecule has 0 unspecified atom stereocenters. The van der Waals surface area contributed by atoms with E-state index in [1.165, 1.54) is 0 Å². The lowest BCUT2D eigenvalue weighted by Gasteiger charge is -2.04. The summed E-state index contributed by atoms with van der Waals surface area (Å²) < 4.78 is 12.5. The minimum atomic E-state index is 0.592. The number of nitrogens with zero attached hydrogens (tertiary/aromatic N) is 3. The van der Waals surface area contributed by atoms with Crippen LogP contribution in [-0.2, 0) is 6.42 Å². The third kappa shape index (κ3) is 1.65. The minimum Gasteiger partial charge on any atom is -0.482 e. The zero-order valence-corrected chi connectivity index (χ0v) is 9.33. The maximum Gasteiger partial charge on any atom is 0.200 e. The van der Waals surface area contributed by atoms with E-state index in [2.05, 4.69) is 10.2 Å². The van der Waals surface area contributed by atoms with E-state index in [0.717, 1.165) is 17.2 Å². The van der Waals surface area contributed by atoms with Crippen molar-refractivity contribution in [2.75, 3.05) is 7.11 Å². The van der Waals surface area contributed by atoms with Gasteiger partial charge in [0.25, 0.3) is 0 Å². The maximum atomic E-state index is 5.31. The Labute approximate surface area is 97.7 Å². The molecule has 0 saturated heterocycles. The van der Waals surface area contributed by atoms with Gasteiger partial charge in [0, 0.05) is 0 Å². The average Bonchev–Trinajstić information content (AvgIpc) is 2.99. The van der Waals surface area contributed by atoms with Gasteiger partial charge in [0.2, 0.25) is 5.88 Å². The van der Waals surface area contributed by atoms with Crippen LogP contribution in [0, 0.1) is 0 Å². The lowest BCUT2D eigenvalue weighted by molar-refractivity contribution is 0.390. The minimum absolute atomic E-state index is 0.592. The van der Waals surface area contributed by atoms with Gasteiger partial charge in [0.15, 0.2) is 5.65 Å². The number of ether oxygens (including phenoxy) is 1. The summed E-state index contributed by atoms with van der Waals surface area (Å²) in [6, 6.07) is 9.43. The molecule has 3 aromatic rings. The van der Waals surface area contributed by atoms with Gasteiger partial charge < -0.3 is 9.15 Å². The highest BCUT2D eigenvalue weighted by atomic mass is 16.5. The van der Waals surface area contributed by atoms with Gasteiger partial charge in [-0.1, -0.05) is 6.07 Å². The first-order valence-electron chi connectivity index (χ1n) is 5.28. The summed E-state index contributed by atoms with van der Waals surface area (Å²) in [5.74, 6) is 2.37. The zero-order chi connectivity index (χ0) is 11.7. The first kappa shape index (κ1) is 9.89. The molecule has 0 aromatic carbocycles. The Kier molecular flexibility index (Phi) is 2.29. The molecule has 5 heteroatoms. The molecule has 0 saturated carbocycles. The van der Waals surface area contributed by atoms with E-state index in [1.807, 2.05) is 34.7 Å². The number of hydrogen-bond donors (Lipinski definition) is 0. The van der Waals surface area contributed by atoms with Gasteiger partial charge in [-0.25, -0.2) is 4.40 Å². The highest BCUT2D eigenvalue weighted by molar-refractivity contribution is 5.42. The fourth-order valence-electron chi connectivity index (χ4n) is 1.81. The summed E-state index contributed by atoms with van der Waals surface area (Å²) in [6.07, 6.45) is 2.24. The number of furan rings is 1. The fraction of sp³-hybridized carbons (Fsp3) is 0.167. The average molecular weight is 229 g/mol. The number of aromatic nitrogens is 3. The molecule has 0 spiro atoms. The lowest BCUT2D eigenvalue weighted by Crippen LogP contribution is -1.99.